The third-order valence-corrected chi connectivity index (χ3v) is 6.07. The minimum atomic E-state index is -0.404. The van der Waals surface area contributed by atoms with Crippen molar-refractivity contribution in [2.45, 2.75) is 19.4 Å². The van der Waals surface area contributed by atoms with Crippen LogP contribution in [0.15, 0.2) is 66.1 Å². The number of methoxy groups -OCH3 is 1. The number of aliphatic hydroxyl groups is 1. The fraction of sp³-hybridized carbons (Fsp3) is 0.192. The van der Waals surface area contributed by atoms with Crippen LogP contribution in [0.1, 0.15) is 11.1 Å². The highest BCUT2D eigenvalue weighted by Crippen LogP contribution is 2.29. The highest BCUT2D eigenvalue weighted by molar-refractivity contribution is 5.86. The molecule has 5 rings (SSSR count). The fourth-order valence-corrected chi connectivity index (χ4v) is 4.30. The molecular weight excluding hydrogens is 460 g/mol. The number of aliphatic hydroxyl groups excluding tert-OH is 1. The molecule has 0 aliphatic heterocycles. The summed E-state index contributed by atoms with van der Waals surface area (Å²) in [5.74, 6) is 0.819. The summed E-state index contributed by atoms with van der Waals surface area (Å²) in [5.41, 5.74) is 4.86. The summed E-state index contributed by atoms with van der Waals surface area (Å²) in [6, 6.07) is 10.3. The SMILES string of the molecule is COc1cc(CC(CO)Nc2cc[nH]c(=O)c2-c2nc3c(C)cc(-n4ccnc4)cc3[nH]2)ccc1O. The van der Waals surface area contributed by atoms with E-state index in [0.717, 1.165) is 27.8 Å². The van der Waals surface area contributed by atoms with Crippen molar-refractivity contribution in [1.82, 2.24) is 24.5 Å². The molecule has 1 atom stereocenters. The molecule has 0 fully saturated rings. The molecule has 2 aromatic carbocycles. The molecule has 0 bridgehead atoms. The Morgan fingerprint density at radius 1 is 1.22 bits per heavy atom. The summed E-state index contributed by atoms with van der Waals surface area (Å²) >= 11 is 0. The van der Waals surface area contributed by atoms with Gasteiger partial charge in [0, 0.05) is 24.3 Å². The average Bonchev–Trinajstić information content (AvgIpc) is 3.55. The first-order chi connectivity index (χ1) is 17.5. The zero-order chi connectivity index (χ0) is 25.2. The predicted molar refractivity (Wildman–Crippen MR) is 137 cm³/mol. The first-order valence-corrected chi connectivity index (χ1v) is 11.4. The lowest BCUT2D eigenvalue weighted by molar-refractivity contribution is 0.273. The number of hydrogen-bond acceptors (Lipinski definition) is 7. The normalized spacial score (nSPS) is 12.1. The van der Waals surface area contributed by atoms with Gasteiger partial charge in [-0.15, -0.1) is 0 Å². The quantitative estimate of drug-likeness (QED) is 0.227. The molecule has 10 nitrogen and oxygen atoms in total. The number of ether oxygens (including phenoxy) is 1. The van der Waals surface area contributed by atoms with Gasteiger partial charge in [0.2, 0.25) is 0 Å². The second-order valence-corrected chi connectivity index (χ2v) is 8.54. The number of aromatic hydroxyl groups is 1. The van der Waals surface area contributed by atoms with Gasteiger partial charge in [0.15, 0.2) is 11.5 Å². The molecule has 184 valence electrons. The van der Waals surface area contributed by atoms with Crippen molar-refractivity contribution in [3.05, 3.63) is 82.8 Å². The first-order valence-electron chi connectivity index (χ1n) is 11.4. The van der Waals surface area contributed by atoms with Gasteiger partial charge in [-0.1, -0.05) is 6.07 Å². The minimum absolute atomic E-state index is 0.0445. The maximum absolute atomic E-state index is 12.9. The van der Waals surface area contributed by atoms with Crippen molar-refractivity contribution < 1.29 is 14.9 Å². The maximum atomic E-state index is 12.9. The van der Waals surface area contributed by atoms with Gasteiger partial charge in [-0.3, -0.25) is 4.79 Å². The van der Waals surface area contributed by atoms with Crippen molar-refractivity contribution >= 4 is 16.7 Å². The van der Waals surface area contributed by atoms with Gasteiger partial charge in [-0.2, -0.15) is 0 Å². The molecule has 0 aliphatic carbocycles. The number of pyridine rings is 1. The molecule has 3 aromatic heterocycles. The summed E-state index contributed by atoms with van der Waals surface area (Å²) in [7, 11) is 1.48. The summed E-state index contributed by atoms with van der Waals surface area (Å²) in [5, 5.41) is 23.2. The highest BCUT2D eigenvalue weighted by Gasteiger charge is 2.19. The number of aromatic amines is 2. The molecule has 0 saturated heterocycles. The second-order valence-electron chi connectivity index (χ2n) is 8.54. The largest absolute Gasteiger partial charge is 0.504 e. The highest BCUT2D eigenvalue weighted by atomic mass is 16.5. The Labute approximate surface area is 206 Å². The van der Waals surface area contributed by atoms with Crippen LogP contribution in [0.4, 0.5) is 5.69 Å². The lowest BCUT2D eigenvalue weighted by Gasteiger charge is -2.19. The number of benzene rings is 2. The van der Waals surface area contributed by atoms with Crippen LogP contribution < -0.4 is 15.6 Å². The number of fused-ring (bicyclic) bond motifs is 1. The Morgan fingerprint density at radius 2 is 2.08 bits per heavy atom. The zero-order valence-corrected chi connectivity index (χ0v) is 19.8. The van der Waals surface area contributed by atoms with E-state index in [-0.39, 0.29) is 17.9 Å². The number of rotatable bonds is 8. The smallest absolute Gasteiger partial charge is 0.261 e. The molecule has 10 heteroatoms. The Morgan fingerprint density at radius 3 is 2.83 bits per heavy atom. The number of hydrogen-bond donors (Lipinski definition) is 5. The number of imidazole rings is 2. The lowest BCUT2D eigenvalue weighted by Crippen LogP contribution is -2.28. The molecule has 0 radical (unpaired) electrons. The molecule has 0 spiro atoms. The van der Waals surface area contributed by atoms with Gasteiger partial charge < -0.3 is 34.8 Å². The number of aryl methyl sites for hydroxylation is 1. The molecular formula is C26H26N6O4. The number of nitrogens with zero attached hydrogens (tertiary/aromatic N) is 3. The lowest BCUT2D eigenvalue weighted by atomic mass is 10.0. The number of phenols is 1. The van der Waals surface area contributed by atoms with Crippen LogP contribution in [0.3, 0.4) is 0 Å². The van der Waals surface area contributed by atoms with E-state index < -0.39 is 6.04 Å². The van der Waals surface area contributed by atoms with Gasteiger partial charge >= 0.3 is 0 Å². The van der Waals surface area contributed by atoms with E-state index >= 15 is 0 Å². The third-order valence-electron chi connectivity index (χ3n) is 6.07. The van der Waals surface area contributed by atoms with Crippen LogP contribution in [0, 0.1) is 6.92 Å². The topological polar surface area (TPSA) is 141 Å². The molecule has 5 aromatic rings. The van der Waals surface area contributed by atoms with E-state index in [2.05, 4.69) is 20.3 Å². The van der Waals surface area contributed by atoms with Crippen LogP contribution in [0.2, 0.25) is 0 Å². The van der Waals surface area contributed by atoms with E-state index in [0.29, 0.717) is 29.2 Å². The van der Waals surface area contributed by atoms with Gasteiger partial charge in [0.1, 0.15) is 11.4 Å². The van der Waals surface area contributed by atoms with Crippen molar-refractivity contribution in [3.63, 3.8) is 0 Å². The third kappa shape index (κ3) is 4.41. The first kappa shape index (κ1) is 23.2. The molecule has 1 unspecified atom stereocenters. The van der Waals surface area contributed by atoms with E-state index in [4.69, 9.17) is 9.72 Å². The Bertz CT molecular complexity index is 1570. The summed E-state index contributed by atoms with van der Waals surface area (Å²) < 4.78 is 7.09. The average molecular weight is 487 g/mol. The molecule has 5 N–H and O–H groups in total. The van der Waals surface area contributed by atoms with E-state index in [1.54, 1.807) is 43.0 Å². The van der Waals surface area contributed by atoms with Crippen molar-refractivity contribution in [2.24, 2.45) is 0 Å². The van der Waals surface area contributed by atoms with Crippen LogP contribution >= 0.6 is 0 Å². The summed E-state index contributed by atoms with van der Waals surface area (Å²) in [6.45, 7) is 1.79. The number of nitrogens with one attached hydrogen (secondary N) is 3. The molecule has 0 amide bonds. The minimum Gasteiger partial charge on any atom is -0.504 e. The van der Waals surface area contributed by atoms with E-state index in [1.807, 2.05) is 29.8 Å². The standard InChI is InChI=1S/C26H26N6O4/c1-15-9-18(32-8-7-27-14-32)12-20-24(15)31-25(30-20)23-19(5-6-28-26(23)35)29-17(13-33)10-16-3-4-21(34)22(11-16)36-2/h3-9,11-12,14,17,33-34H,10,13H2,1-2H3,(H,30,31)(H2,28,29,35). The van der Waals surface area contributed by atoms with Crippen LogP contribution in [-0.2, 0) is 6.42 Å². The van der Waals surface area contributed by atoms with Gasteiger partial charge in [0.05, 0.1) is 42.8 Å². The van der Waals surface area contributed by atoms with Crippen LogP contribution in [0.5, 0.6) is 11.5 Å². The predicted octanol–water partition coefficient (Wildman–Crippen LogP) is 3.14. The van der Waals surface area contributed by atoms with Crippen LogP contribution in [0.25, 0.3) is 28.1 Å². The van der Waals surface area contributed by atoms with Crippen molar-refractivity contribution in [1.29, 1.82) is 0 Å². The van der Waals surface area contributed by atoms with E-state index in [1.165, 1.54) is 7.11 Å². The molecule has 3 heterocycles. The number of aromatic nitrogens is 5. The number of H-pyrrole nitrogens is 2. The van der Waals surface area contributed by atoms with Gasteiger partial charge in [0.25, 0.3) is 5.56 Å². The number of phenolic OH excluding ortho intramolecular Hbond substituents is 1. The van der Waals surface area contributed by atoms with Crippen molar-refractivity contribution in [2.75, 3.05) is 19.0 Å². The molecule has 36 heavy (non-hydrogen) atoms. The summed E-state index contributed by atoms with van der Waals surface area (Å²) in [4.78, 5) is 27.8. The Hall–Kier alpha value is -4.57. The van der Waals surface area contributed by atoms with Gasteiger partial charge in [-0.05, 0) is 54.8 Å². The second kappa shape index (κ2) is 9.59. The zero-order valence-electron chi connectivity index (χ0n) is 19.8. The van der Waals surface area contributed by atoms with Crippen molar-refractivity contribution in [3.8, 4) is 28.6 Å². The fourth-order valence-electron chi connectivity index (χ4n) is 4.30. The monoisotopic (exact) mass is 486 g/mol. The van der Waals surface area contributed by atoms with E-state index in [9.17, 15) is 15.0 Å². The Balaban J connectivity index is 1.49. The van der Waals surface area contributed by atoms with Gasteiger partial charge in [-0.25, -0.2) is 9.97 Å². The van der Waals surface area contributed by atoms with Crippen LogP contribution in [-0.4, -0.2) is 54.5 Å². The Kier molecular flexibility index (Phi) is 6.17. The number of anilines is 1. The molecule has 0 saturated carbocycles. The maximum Gasteiger partial charge on any atom is 0.261 e. The summed E-state index contributed by atoms with van der Waals surface area (Å²) in [6.07, 6.45) is 7.29. The molecule has 0 aliphatic rings.